The number of nitrogens with one attached hydrogen (secondary N) is 1. The quantitative estimate of drug-likeness (QED) is 0.724. The maximum atomic E-state index is 13.5. The third-order valence-corrected chi connectivity index (χ3v) is 4.52. The highest BCUT2D eigenvalue weighted by molar-refractivity contribution is 9.10. The van der Waals surface area contributed by atoms with Crippen molar-refractivity contribution in [3.8, 4) is 0 Å². The van der Waals surface area contributed by atoms with Gasteiger partial charge in [0.2, 0.25) is 0 Å². The minimum atomic E-state index is -0.185. The zero-order valence-corrected chi connectivity index (χ0v) is 14.6. The van der Waals surface area contributed by atoms with E-state index in [9.17, 15) is 4.39 Å². The highest BCUT2D eigenvalue weighted by atomic mass is 79.9. The summed E-state index contributed by atoms with van der Waals surface area (Å²) in [4.78, 5) is 2.23. The fourth-order valence-electron chi connectivity index (χ4n) is 1.94. The van der Waals surface area contributed by atoms with E-state index in [4.69, 9.17) is 0 Å². The molecule has 0 unspecified atom stereocenters. The lowest BCUT2D eigenvalue weighted by atomic mass is 10.2. The Balaban J connectivity index is 2.14. The van der Waals surface area contributed by atoms with E-state index >= 15 is 0 Å². The normalized spacial score (nSPS) is 11.1. The minimum absolute atomic E-state index is 0.185. The van der Waals surface area contributed by atoms with Crippen molar-refractivity contribution < 1.29 is 4.39 Å². The molecule has 0 atom stereocenters. The zero-order valence-electron chi connectivity index (χ0n) is 12.2. The standard InChI is InChI=1S/C17H19BrFNS/c1-12(2)10-20-11-13-8-15(19)6-7-17(13)21-16-5-3-4-14(18)9-16/h3-9,12,20H,10-11H2,1-2H3. The summed E-state index contributed by atoms with van der Waals surface area (Å²) in [7, 11) is 0. The van der Waals surface area contributed by atoms with E-state index in [2.05, 4.69) is 47.2 Å². The zero-order chi connectivity index (χ0) is 15.2. The van der Waals surface area contributed by atoms with Gasteiger partial charge < -0.3 is 5.32 Å². The van der Waals surface area contributed by atoms with Crippen LogP contribution in [-0.4, -0.2) is 6.54 Å². The number of benzene rings is 2. The summed E-state index contributed by atoms with van der Waals surface area (Å²) < 4.78 is 14.5. The molecule has 0 amide bonds. The smallest absolute Gasteiger partial charge is 0.123 e. The maximum Gasteiger partial charge on any atom is 0.123 e. The van der Waals surface area contributed by atoms with Gasteiger partial charge in [-0.25, -0.2) is 4.39 Å². The van der Waals surface area contributed by atoms with Crippen LogP contribution in [0.4, 0.5) is 4.39 Å². The van der Waals surface area contributed by atoms with Crippen LogP contribution in [0.25, 0.3) is 0 Å². The predicted octanol–water partition coefficient (Wildman–Crippen LogP) is 5.49. The van der Waals surface area contributed by atoms with Crippen LogP contribution in [0.2, 0.25) is 0 Å². The van der Waals surface area contributed by atoms with Gasteiger partial charge in [-0.1, -0.05) is 47.6 Å². The molecule has 0 bridgehead atoms. The van der Waals surface area contributed by atoms with Gasteiger partial charge in [-0.2, -0.15) is 0 Å². The molecule has 1 N–H and O–H groups in total. The largest absolute Gasteiger partial charge is 0.312 e. The van der Waals surface area contributed by atoms with Gasteiger partial charge in [0, 0.05) is 20.8 Å². The molecule has 0 aromatic heterocycles. The fraction of sp³-hybridized carbons (Fsp3) is 0.294. The second-order valence-corrected chi connectivity index (χ2v) is 7.37. The maximum absolute atomic E-state index is 13.5. The van der Waals surface area contributed by atoms with Gasteiger partial charge in [0.05, 0.1) is 0 Å². The number of rotatable bonds is 6. The van der Waals surface area contributed by atoms with Crippen LogP contribution >= 0.6 is 27.7 Å². The van der Waals surface area contributed by atoms with Crippen molar-refractivity contribution in [2.24, 2.45) is 5.92 Å². The van der Waals surface area contributed by atoms with E-state index in [-0.39, 0.29) is 5.82 Å². The Morgan fingerprint density at radius 1 is 1.19 bits per heavy atom. The van der Waals surface area contributed by atoms with Crippen LogP contribution in [0.5, 0.6) is 0 Å². The first-order valence-electron chi connectivity index (χ1n) is 6.97. The number of halogens is 2. The van der Waals surface area contributed by atoms with Crippen LogP contribution in [0.1, 0.15) is 19.4 Å². The minimum Gasteiger partial charge on any atom is -0.312 e. The molecule has 2 rings (SSSR count). The van der Waals surface area contributed by atoms with E-state index in [0.29, 0.717) is 12.5 Å². The van der Waals surface area contributed by atoms with Crippen LogP contribution in [0.15, 0.2) is 56.7 Å². The predicted molar refractivity (Wildman–Crippen MR) is 91.2 cm³/mol. The van der Waals surface area contributed by atoms with Crippen LogP contribution < -0.4 is 5.32 Å². The summed E-state index contributed by atoms with van der Waals surface area (Å²) in [6.45, 7) is 5.94. The van der Waals surface area contributed by atoms with Gasteiger partial charge in [0.15, 0.2) is 0 Å². The average Bonchev–Trinajstić information content (AvgIpc) is 2.41. The highest BCUT2D eigenvalue weighted by Crippen LogP contribution is 2.32. The topological polar surface area (TPSA) is 12.0 Å². The fourth-order valence-corrected chi connectivity index (χ4v) is 3.47. The average molecular weight is 368 g/mol. The van der Waals surface area contributed by atoms with Crippen LogP contribution in [0.3, 0.4) is 0 Å². The molecule has 0 aliphatic carbocycles. The van der Waals surface area contributed by atoms with Crippen molar-refractivity contribution in [1.82, 2.24) is 5.32 Å². The molecular weight excluding hydrogens is 349 g/mol. The highest BCUT2D eigenvalue weighted by Gasteiger charge is 2.07. The molecule has 0 radical (unpaired) electrons. The summed E-state index contributed by atoms with van der Waals surface area (Å²) in [5.41, 5.74) is 1.00. The van der Waals surface area contributed by atoms with E-state index in [0.717, 1.165) is 26.4 Å². The molecule has 0 saturated carbocycles. The van der Waals surface area contributed by atoms with E-state index in [1.165, 1.54) is 6.07 Å². The Bertz CT molecular complexity index is 601. The monoisotopic (exact) mass is 367 g/mol. The van der Waals surface area contributed by atoms with E-state index < -0.39 is 0 Å². The lowest BCUT2D eigenvalue weighted by Gasteiger charge is -2.12. The van der Waals surface area contributed by atoms with Crippen molar-refractivity contribution in [3.63, 3.8) is 0 Å². The van der Waals surface area contributed by atoms with Gasteiger partial charge >= 0.3 is 0 Å². The first kappa shape index (κ1) is 16.5. The van der Waals surface area contributed by atoms with Gasteiger partial charge in [0.1, 0.15) is 5.82 Å². The Labute approximate surface area is 138 Å². The molecule has 4 heteroatoms. The number of hydrogen-bond donors (Lipinski definition) is 1. The van der Waals surface area contributed by atoms with Gasteiger partial charge in [-0.15, -0.1) is 0 Å². The molecule has 0 fully saturated rings. The lowest BCUT2D eigenvalue weighted by molar-refractivity contribution is 0.547. The molecule has 0 spiro atoms. The molecule has 2 aromatic rings. The van der Waals surface area contributed by atoms with Crippen molar-refractivity contribution in [2.45, 2.75) is 30.2 Å². The second kappa shape index (κ2) is 7.97. The van der Waals surface area contributed by atoms with Crippen molar-refractivity contribution >= 4 is 27.7 Å². The molecule has 21 heavy (non-hydrogen) atoms. The molecule has 112 valence electrons. The van der Waals surface area contributed by atoms with E-state index in [1.54, 1.807) is 17.8 Å². The summed E-state index contributed by atoms with van der Waals surface area (Å²) in [5, 5.41) is 3.38. The third kappa shape index (κ3) is 5.46. The lowest BCUT2D eigenvalue weighted by Crippen LogP contribution is -2.19. The SMILES string of the molecule is CC(C)CNCc1cc(F)ccc1Sc1cccc(Br)c1. The molecule has 1 nitrogen and oxygen atoms in total. The summed E-state index contributed by atoms with van der Waals surface area (Å²) in [6.07, 6.45) is 0. The summed E-state index contributed by atoms with van der Waals surface area (Å²) >= 11 is 5.14. The number of hydrogen-bond acceptors (Lipinski definition) is 2. The third-order valence-electron chi connectivity index (χ3n) is 2.91. The first-order valence-corrected chi connectivity index (χ1v) is 8.58. The Kier molecular flexibility index (Phi) is 6.27. The summed E-state index contributed by atoms with van der Waals surface area (Å²) in [5.74, 6) is 0.398. The Hall–Kier alpha value is -0.840. The molecule has 0 heterocycles. The van der Waals surface area contributed by atoms with Crippen molar-refractivity contribution in [3.05, 3.63) is 58.3 Å². The second-order valence-electron chi connectivity index (χ2n) is 5.34. The molecule has 0 saturated heterocycles. The summed E-state index contributed by atoms with van der Waals surface area (Å²) in [6, 6.07) is 13.1. The molecule has 0 aliphatic rings. The molecule has 0 aliphatic heterocycles. The first-order chi connectivity index (χ1) is 10.0. The molecular formula is C17H19BrFNS. The molecule has 2 aromatic carbocycles. The van der Waals surface area contributed by atoms with Gasteiger partial charge in [-0.05, 0) is 54.4 Å². The van der Waals surface area contributed by atoms with E-state index in [1.807, 2.05) is 18.2 Å². The van der Waals surface area contributed by atoms with Gasteiger partial charge in [-0.3, -0.25) is 0 Å². The van der Waals surface area contributed by atoms with Crippen LogP contribution in [-0.2, 0) is 6.54 Å². The van der Waals surface area contributed by atoms with Crippen molar-refractivity contribution in [1.29, 1.82) is 0 Å². The van der Waals surface area contributed by atoms with Gasteiger partial charge in [0.25, 0.3) is 0 Å². The van der Waals surface area contributed by atoms with Crippen LogP contribution in [0, 0.1) is 11.7 Å². The Morgan fingerprint density at radius 3 is 2.71 bits per heavy atom. The van der Waals surface area contributed by atoms with Crippen molar-refractivity contribution in [2.75, 3.05) is 6.54 Å². The Morgan fingerprint density at radius 2 is 2.00 bits per heavy atom.